The second-order valence-corrected chi connectivity index (χ2v) is 6.42. The second-order valence-electron chi connectivity index (χ2n) is 6.42. The highest BCUT2D eigenvalue weighted by Crippen LogP contribution is 2.30. The SMILES string of the molecule is C[14C](C)=C[C@@H]1COC(C)(C)N1C(=O)OC(C)(C)C. The topological polar surface area (TPSA) is 38.8 Å². The van der Waals surface area contributed by atoms with Crippen molar-refractivity contribution in [3.63, 3.8) is 0 Å². The number of carbonyl (C=O) groups is 1. The molecule has 104 valence electrons. The second kappa shape index (κ2) is 4.92. The van der Waals surface area contributed by atoms with Gasteiger partial charge in [-0.05, 0) is 48.5 Å². The van der Waals surface area contributed by atoms with E-state index in [1.54, 1.807) is 4.90 Å². The summed E-state index contributed by atoms with van der Waals surface area (Å²) < 4.78 is 11.1. The van der Waals surface area contributed by atoms with E-state index in [0.717, 1.165) is 5.57 Å². The van der Waals surface area contributed by atoms with Gasteiger partial charge in [0.1, 0.15) is 11.3 Å². The first kappa shape index (κ1) is 15.0. The molecule has 1 fully saturated rings. The predicted octanol–water partition coefficient (Wildman–Crippen LogP) is 3.32. The Morgan fingerprint density at radius 2 is 2.00 bits per heavy atom. The van der Waals surface area contributed by atoms with E-state index in [2.05, 4.69) is 0 Å². The van der Waals surface area contributed by atoms with Crippen LogP contribution in [0.4, 0.5) is 4.79 Å². The third kappa shape index (κ3) is 3.73. The first-order valence-corrected chi connectivity index (χ1v) is 6.34. The van der Waals surface area contributed by atoms with Gasteiger partial charge in [-0.25, -0.2) is 4.79 Å². The fourth-order valence-electron chi connectivity index (χ4n) is 2.01. The number of nitrogens with zero attached hydrogens (tertiary/aromatic N) is 1. The fourth-order valence-corrected chi connectivity index (χ4v) is 2.01. The van der Waals surface area contributed by atoms with Crippen molar-refractivity contribution in [2.45, 2.75) is 65.8 Å². The molecule has 1 aliphatic heterocycles. The van der Waals surface area contributed by atoms with Crippen molar-refractivity contribution in [3.05, 3.63) is 11.6 Å². The number of carbonyl (C=O) groups excluding carboxylic acids is 1. The lowest BCUT2D eigenvalue weighted by atomic mass is 10.2. The Morgan fingerprint density at radius 1 is 1.44 bits per heavy atom. The Balaban J connectivity index is 2.92. The molecule has 18 heavy (non-hydrogen) atoms. The van der Waals surface area contributed by atoms with Crippen LogP contribution in [0, 0.1) is 0 Å². The number of ether oxygens (including phenoxy) is 2. The molecule has 0 radical (unpaired) electrons. The molecule has 0 aromatic heterocycles. The molecule has 0 aromatic carbocycles. The molecule has 0 unspecified atom stereocenters. The minimum atomic E-state index is -0.626. The van der Waals surface area contributed by atoms with E-state index in [0.29, 0.717) is 6.61 Å². The van der Waals surface area contributed by atoms with Crippen LogP contribution in [-0.2, 0) is 9.47 Å². The molecule has 1 heterocycles. The molecule has 0 bridgehead atoms. The van der Waals surface area contributed by atoms with Gasteiger partial charge in [0.15, 0.2) is 0 Å². The van der Waals surface area contributed by atoms with Gasteiger partial charge in [0.05, 0.1) is 12.6 Å². The molecule has 1 atom stereocenters. The van der Waals surface area contributed by atoms with Gasteiger partial charge in [-0.3, -0.25) is 4.90 Å². The van der Waals surface area contributed by atoms with Crippen molar-refractivity contribution in [1.29, 1.82) is 0 Å². The molecule has 0 aromatic rings. The van der Waals surface area contributed by atoms with Crippen LogP contribution < -0.4 is 0 Å². The monoisotopic (exact) mass is 257 g/mol. The Bertz CT molecular complexity index is 349. The van der Waals surface area contributed by atoms with Crippen molar-refractivity contribution < 1.29 is 14.3 Å². The van der Waals surface area contributed by atoms with Crippen LogP contribution in [0.15, 0.2) is 11.6 Å². The number of hydrogen-bond acceptors (Lipinski definition) is 3. The highest BCUT2D eigenvalue weighted by molar-refractivity contribution is 5.70. The van der Waals surface area contributed by atoms with E-state index in [9.17, 15) is 4.79 Å². The van der Waals surface area contributed by atoms with Crippen LogP contribution in [0.2, 0.25) is 0 Å². The van der Waals surface area contributed by atoms with Gasteiger partial charge in [-0.1, -0.05) is 11.6 Å². The molecule has 0 N–H and O–H groups in total. The maximum atomic E-state index is 12.3. The van der Waals surface area contributed by atoms with Gasteiger partial charge < -0.3 is 9.47 Å². The molecule has 4 nitrogen and oxygen atoms in total. The Hall–Kier alpha value is -1.03. The van der Waals surface area contributed by atoms with E-state index < -0.39 is 11.3 Å². The van der Waals surface area contributed by atoms with Gasteiger partial charge in [-0.15, -0.1) is 0 Å². The van der Waals surface area contributed by atoms with Crippen molar-refractivity contribution in [2.24, 2.45) is 0 Å². The van der Waals surface area contributed by atoms with Crippen molar-refractivity contribution in [1.82, 2.24) is 4.90 Å². The smallest absolute Gasteiger partial charge is 0.413 e. The summed E-state index contributed by atoms with van der Waals surface area (Å²) in [5.41, 5.74) is 0.0411. The minimum absolute atomic E-state index is 0.0557. The van der Waals surface area contributed by atoms with Crippen LogP contribution in [-0.4, -0.2) is 35.0 Å². The first-order chi connectivity index (χ1) is 8.03. The maximum Gasteiger partial charge on any atom is 0.413 e. The third-order valence-electron chi connectivity index (χ3n) is 2.64. The molecule has 1 amide bonds. The predicted molar refractivity (Wildman–Crippen MR) is 71.3 cm³/mol. The molecule has 1 aliphatic rings. The average Bonchev–Trinajstić information content (AvgIpc) is 2.36. The lowest BCUT2D eigenvalue weighted by Gasteiger charge is -2.34. The summed E-state index contributed by atoms with van der Waals surface area (Å²) in [5, 5.41) is 0. The summed E-state index contributed by atoms with van der Waals surface area (Å²) >= 11 is 0. The zero-order chi connectivity index (χ0) is 14.1. The lowest BCUT2D eigenvalue weighted by molar-refractivity contribution is -0.0610. The summed E-state index contributed by atoms with van der Waals surface area (Å²) in [6.45, 7) is 13.9. The fraction of sp³-hybridized carbons (Fsp3) is 0.786. The summed E-state index contributed by atoms with van der Waals surface area (Å²) in [7, 11) is 0. The highest BCUT2D eigenvalue weighted by Gasteiger charge is 2.44. The van der Waals surface area contributed by atoms with Crippen LogP contribution in [0.3, 0.4) is 0 Å². The lowest BCUT2D eigenvalue weighted by Crippen LogP contribution is -2.49. The van der Waals surface area contributed by atoms with E-state index in [-0.39, 0.29) is 12.1 Å². The molecule has 0 saturated carbocycles. The minimum Gasteiger partial charge on any atom is -0.444 e. The van der Waals surface area contributed by atoms with E-state index in [1.807, 2.05) is 54.5 Å². The molecule has 0 spiro atoms. The van der Waals surface area contributed by atoms with E-state index in [4.69, 9.17) is 9.47 Å². The normalized spacial score (nSPS) is 22.8. The van der Waals surface area contributed by atoms with Gasteiger partial charge in [-0.2, -0.15) is 0 Å². The maximum absolute atomic E-state index is 12.3. The molecule has 4 heteroatoms. The van der Waals surface area contributed by atoms with Crippen LogP contribution in [0.5, 0.6) is 0 Å². The summed E-state index contributed by atoms with van der Waals surface area (Å²) in [4.78, 5) is 13.9. The molecular formula is C14H25NO3. The van der Waals surface area contributed by atoms with Crippen molar-refractivity contribution in [3.8, 4) is 0 Å². The molecular weight excluding hydrogens is 232 g/mol. The van der Waals surface area contributed by atoms with E-state index in [1.165, 1.54) is 0 Å². The van der Waals surface area contributed by atoms with Gasteiger partial charge in [0, 0.05) is 0 Å². The summed E-state index contributed by atoms with van der Waals surface area (Å²) in [5.74, 6) is 0. The number of rotatable bonds is 1. The third-order valence-corrected chi connectivity index (χ3v) is 2.64. The Kier molecular flexibility index (Phi) is 4.11. The van der Waals surface area contributed by atoms with Crippen LogP contribution >= 0.6 is 0 Å². The van der Waals surface area contributed by atoms with Gasteiger partial charge in [0.2, 0.25) is 0 Å². The van der Waals surface area contributed by atoms with Crippen molar-refractivity contribution in [2.75, 3.05) is 6.61 Å². The van der Waals surface area contributed by atoms with Crippen LogP contribution in [0.1, 0.15) is 48.5 Å². The largest absolute Gasteiger partial charge is 0.444 e. The number of hydrogen-bond donors (Lipinski definition) is 0. The summed E-state index contributed by atoms with van der Waals surface area (Å²) in [6.07, 6.45) is 1.71. The van der Waals surface area contributed by atoms with E-state index >= 15 is 0 Å². The molecule has 1 saturated heterocycles. The number of amides is 1. The highest BCUT2D eigenvalue weighted by atomic mass is 16.6. The first-order valence-electron chi connectivity index (χ1n) is 6.34. The summed E-state index contributed by atoms with van der Waals surface area (Å²) in [6, 6.07) is -0.0557. The molecule has 1 rings (SSSR count). The quantitative estimate of drug-likeness (QED) is 0.676. The zero-order valence-corrected chi connectivity index (χ0v) is 12.5. The van der Waals surface area contributed by atoms with Crippen LogP contribution in [0.25, 0.3) is 0 Å². The van der Waals surface area contributed by atoms with Crippen molar-refractivity contribution >= 4 is 6.09 Å². The standard InChI is InChI=1S/C14H25NO3/c1-10(2)8-11-9-17-14(6,7)15(11)12(16)18-13(3,4)5/h8,11H,9H2,1-7H3/t11-/m1/s1/i10+2. The zero-order valence-electron chi connectivity index (χ0n) is 12.5. The number of allylic oxidation sites excluding steroid dienone is 1. The Labute approximate surface area is 110 Å². The molecule has 0 aliphatic carbocycles. The average molecular weight is 257 g/mol. The van der Waals surface area contributed by atoms with Gasteiger partial charge in [0.25, 0.3) is 0 Å². The Morgan fingerprint density at radius 3 is 2.44 bits per heavy atom. The van der Waals surface area contributed by atoms with Gasteiger partial charge >= 0.3 is 6.09 Å².